The lowest BCUT2D eigenvalue weighted by Gasteiger charge is -2.35. The first-order valence-electron chi connectivity index (χ1n) is 22.9. The van der Waals surface area contributed by atoms with E-state index in [0.29, 0.717) is 5.92 Å². The number of para-hydroxylation sites is 1. The van der Waals surface area contributed by atoms with Crippen LogP contribution in [0.15, 0.2) is 191 Å². The number of aromatic nitrogens is 1. The molecule has 0 N–H and O–H groups in total. The Morgan fingerprint density at radius 2 is 1.27 bits per heavy atom. The van der Waals surface area contributed by atoms with E-state index in [0.717, 1.165) is 52.3 Å². The van der Waals surface area contributed by atoms with Crippen molar-refractivity contribution in [1.82, 2.24) is 4.57 Å². The fourth-order valence-corrected chi connectivity index (χ4v) is 12.6. The Bertz CT molecular complexity index is 3830. The van der Waals surface area contributed by atoms with Gasteiger partial charge in [-0.1, -0.05) is 147 Å². The van der Waals surface area contributed by atoms with Gasteiger partial charge in [0.25, 0.3) is 0 Å². The second kappa shape index (κ2) is 14.8. The predicted octanol–water partition coefficient (Wildman–Crippen LogP) is 17.1. The molecule has 1 aliphatic rings. The molecule has 3 aromatic heterocycles. The highest BCUT2D eigenvalue weighted by atomic mass is 32.1. The van der Waals surface area contributed by atoms with Crippen LogP contribution < -0.4 is 0 Å². The van der Waals surface area contributed by atoms with E-state index < -0.39 is 0 Å². The van der Waals surface area contributed by atoms with E-state index >= 15 is 0 Å². The van der Waals surface area contributed by atoms with E-state index in [9.17, 15) is 0 Å². The van der Waals surface area contributed by atoms with Crippen molar-refractivity contribution in [2.75, 3.05) is 0 Å². The topological polar surface area (TPSA) is 30.4 Å². The van der Waals surface area contributed by atoms with Crippen LogP contribution in [0, 0.1) is 11.8 Å². The Morgan fingerprint density at radius 3 is 2.11 bits per heavy atom. The maximum Gasteiger partial charge on any atom is 0.159 e. The number of thiophene rings is 1. The fraction of sp³-hybridized carbons (Fsp3) is 0.150. The average Bonchev–Trinajstić information content (AvgIpc) is 4.02. The van der Waals surface area contributed by atoms with Gasteiger partial charge in [0, 0.05) is 64.3 Å². The molecular weight excluding hydrogens is 797 g/mol. The molecule has 0 spiro atoms. The monoisotopic (exact) mass is 842 g/mol. The third-order valence-corrected chi connectivity index (χ3v) is 15.7. The standard InChI is InChI=1S/C60H46N2OS/c1-3-42-43(30-28-36(2)57(38-17-5-4-6-18-38)61-58(42)48-24-15-27-55-56(48)47-23-12-14-26-54(47)64-55)41-33-50-46-31-29-37-16-9-10-21-44(37)59(46)63-60(50)53(35-41)62-51-25-13-11-22-45(51)49-32-39-19-7-8-20-40(39)34-52(49)62/h4-27,29,31-36,42-43,57H,3,28,30H2,1-2H3/b61-58+/t36?,42-,43?,57?/m0/s1. The quantitative estimate of drug-likeness (QED) is 0.170. The SMILES string of the molecule is CC[C@@H]1/C(c2cccc3sc4ccccc4c23)=N\C(c2ccccc2)C(C)CCC1c1cc(-n2c3ccccc3c3cc4ccccc4cc32)c2oc3c4ccccc4ccc3c2c1. The molecule has 4 heteroatoms. The lowest BCUT2D eigenvalue weighted by atomic mass is 9.73. The van der Waals surface area contributed by atoms with Crippen molar-refractivity contribution < 1.29 is 4.42 Å². The number of hydrogen-bond donors (Lipinski definition) is 0. The summed E-state index contributed by atoms with van der Waals surface area (Å²) in [4.78, 5) is 6.04. The Hall–Kier alpha value is -7.01. The maximum absolute atomic E-state index is 7.25. The van der Waals surface area contributed by atoms with Gasteiger partial charge in [-0.05, 0) is 107 Å². The molecule has 64 heavy (non-hydrogen) atoms. The summed E-state index contributed by atoms with van der Waals surface area (Å²) >= 11 is 1.89. The van der Waals surface area contributed by atoms with E-state index in [1.807, 2.05) is 11.3 Å². The third kappa shape index (κ3) is 5.75. The minimum Gasteiger partial charge on any atom is -0.453 e. The Morgan fingerprint density at radius 1 is 0.547 bits per heavy atom. The number of hydrogen-bond acceptors (Lipinski definition) is 3. The molecule has 4 atom stereocenters. The smallest absolute Gasteiger partial charge is 0.159 e. The Labute approximate surface area is 375 Å². The van der Waals surface area contributed by atoms with Gasteiger partial charge in [-0.15, -0.1) is 11.3 Å². The number of rotatable bonds is 5. The molecule has 12 aromatic rings. The molecule has 0 aliphatic carbocycles. The van der Waals surface area contributed by atoms with Gasteiger partial charge in [0.05, 0.1) is 22.8 Å². The molecule has 0 saturated carbocycles. The number of benzene rings is 9. The Balaban J connectivity index is 1.11. The van der Waals surface area contributed by atoms with Crippen LogP contribution in [-0.2, 0) is 0 Å². The molecule has 0 amide bonds. The summed E-state index contributed by atoms with van der Waals surface area (Å²) in [6.45, 7) is 4.81. The van der Waals surface area contributed by atoms with Crippen LogP contribution in [0.5, 0.6) is 0 Å². The zero-order valence-corrected chi connectivity index (χ0v) is 36.8. The van der Waals surface area contributed by atoms with Crippen molar-refractivity contribution >= 4 is 103 Å². The molecule has 4 heterocycles. The maximum atomic E-state index is 7.25. The second-order valence-corrected chi connectivity index (χ2v) is 19.2. The number of fused-ring (bicyclic) bond motifs is 12. The zero-order chi connectivity index (χ0) is 42.5. The zero-order valence-electron chi connectivity index (χ0n) is 36.0. The summed E-state index contributed by atoms with van der Waals surface area (Å²) in [6, 6.07) is 67.5. The molecule has 0 saturated heterocycles. The minimum atomic E-state index is 0.0583. The predicted molar refractivity (Wildman–Crippen MR) is 273 cm³/mol. The normalized spacial score (nSPS) is 19.3. The van der Waals surface area contributed by atoms with Crippen LogP contribution >= 0.6 is 11.3 Å². The molecule has 3 unspecified atom stereocenters. The summed E-state index contributed by atoms with van der Waals surface area (Å²) in [5.41, 5.74) is 10.5. The molecule has 308 valence electrons. The highest BCUT2D eigenvalue weighted by molar-refractivity contribution is 7.25. The molecule has 3 nitrogen and oxygen atoms in total. The fourth-order valence-electron chi connectivity index (χ4n) is 11.5. The summed E-state index contributed by atoms with van der Waals surface area (Å²) in [6.07, 6.45) is 3.07. The molecule has 0 radical (unpaired) electrons. The first kappa shape index (κ1) is 37.5. The van der Waals surface area contributed by atoms with Gasteiger partial charge in [-0.2, -0.15) is 0 Å². The lowest BCUT2D eigenvalue weighted by molar-refractivity contribution is 0.362. The number of aliphatic imine (C=N–C) groups is 1. The van der Waals surface area contributed by atoms with Crippen molar-refractivity contribution in [2.24, 2.45) is 16.8 Å². The Kier molecular flexibility index (Phi) is 8.67. The number of furan rings is 1. The molecule has 13 rings (SSSR count). The first-order valence-corrected chi connectivity index (χ1v) is 23.8. The van der Waals surface area contributed by atoms with Crippen LogP contribution in [0.1, 0.15) is 61.8 Å². The van der Waals surface area contributed by atoms with E-state index in [1.54, 1.807) is 0 Å². The second-order valence-electron chi connectivity index (χ2n) is 18.1. The van der Waals surface area contributed by atoms with Crippen molar-refractivity contribution in [3.63, 3.8) is 0 Å². The lowest BCUT2D eigenvalue weighted by Crippen LogP contribution is -2.28. The van der Waals surface area contributed by atoms with Gasteiger partial charge < -0.3 is 8.98 Å². The number of nitrogens with zero attached hydrogens (tertiary/aromatic N) is 2. The molecule has 1 aliphatic heterocycles. The van der Waals surface area contributed by atoms with Gasteiger partial charge >= 0.3 is 0 Å². The van der Waals surface area contributed by atoms with E-state index in [4.69, 9.17) is 9.41 Å². The van der Waals surface area contributed by atoms with Crippen LogP contribution in [0.4, 0.5) is 0 Å². The van der Waals surface area contributed by atoms with Crippen LogP contribution in [0.25, 0.3) is 91.1 Å². The van der Waals surface area contributed by atoms with Gasteiger partial charge in [-0.25, -0.2) is 0 Å². The molecule has 0 bridgehead atoms. The summed E-state index contributed by atoms with van der Waals surface area (Å²) in [7, 11) is 0. The van der Waals surface area contributed by atoms with Crippen LogP contribution in [0.3, 0.4) is 0 Å². The highest BCUT2D eigenvalue weighted by Gasteiger charge is 2.35. The molecule has 0 fully saturated rings. The van der Waals surface area contributed by atoms with Gasteiger partial charge in [-0.3, -0.25) is 4.99 Å². The van der Waals surface area contributed by atoms with Gasteiger partial charge in [0.1, 0.15) is 5.58 Å². The summed E-state index contributed by atoms with van der Waals surface area (Å²) in [5.74, 6) is 0.700. The van der Waals surface area contributed by atoms with Crippen molar-refractivity contribution in [2.45, 2.75) is 45.1 Å². The van der Waals surface area contributed by atoms with Gasteiger partial charge in [0.15, 0.2) is 5.58 Å². The van der Waals surface area contributed by atoms with E-state index in [2.05, 4.69) is 200 Å². The first-order chi connectivity index (χ1) is 31.6. The van der Waals surface area contributed by atoms with E-state index in [-0.39, 0.29) is 17.9 Å². The van der Waals surface area contributed by atoms with Crippen molar-refractivity contribution in [3.8, 4) is 5.69 Å². The van der Waals surface area contributed by atoms with Crippen molar-refractivity contribution in [3.05, 3.63) is 199 Å². The average molecular weight is 843 g/mol. The summed E-state index contributed by atoms with van der Waals surface area (Å²) in [5, 5.41) is 12.3. The van der Waals surface area contributed by atoms with Crippen molar-refractivity contribution in [1.29, 1.82) is 0 Å². The van der Waals surface area contributed by atoms with Crippen LogP contribution in [-0.4, -0.2) is 10.3 Å². The van der Waals surface area contributed by atoms with E-state index in [1.165, 1.54) is 80.5 Å². The molecular formula is C60H46N2OS. The third-order valence-electron chi connectivity index (χ3n) is 14.5. The minimum absolute atomic E-state index is 0.0583. The highest BCUT2D eigenvalue weighted by Crippen LogP contribution is 2.48. The van der Waals surface area contributed by atoms with Crippen LogP contribution in [0.2, 0.25) is 0 Å². The summed E-state index contributed by atoms with van der Waals surface area (Å²) < 4.78 is 12.4. The molecule has 9 aromatic carbocycles. The van der Waals surface area contributed by atoms with Gasteiger partial charge in [0.2, 0.25) is 0 Å². The largest absolute Gasteiger partial charge is 0.453 e.